The summed E-state index contributed by atoms with van der Waals surface area (Å²) in [6.07, 6.45) is -0.0196. The van der Waals surface area contributed by atoms with Gasteiger partial charge in [-0.15, -0.1) is 0 Å². The zero-order chi connectivity index (χ0) is 12.6. The van der Waals surface area contributed by atoms with Crippen molar-refractivity contribution < 1.29 is 22.6 Å². The van der Waals surface area contributed by atoms with E-state index >= 15 is 0 Å². The molecule has 1 unspecified atom stereocenters. The molecule has 3 nitrogen and oxygen atoms in total. The van der Waals surface area contributed by atoms with E-state index in [4.69, 9.17) is 4.74 Å². The number of rotatable bonds is 8. The average molecular weight is 255 g/mol. The molecule has 1 atom stereocenters. The first-order valence-electron chi connectivity index (χ1n) is 6.05. The predicted octanol–water partition coefficient (Wildman–Crippen LogP) is 2.11. The average Bonchev–Trinajstić information content (AvgIpc) is 2.73. The monoisotopic (exact) mass is 255 g/mol. The normalized spacial score (nSPS) is 21.0. The third-order valence-corrected chi connectivity index (χ3v) is 2.58. The van der Waals surface area contributed by atoms with Gasteiger partial charge in [-0.05, 0) is 38.8 Å². The molecule has 17 heavy (non-hydrogen) atoms. The third-order valence-electron chi connectivity index (χ3n) is 2.58. The Morgan fingerprint density at radius 1 is 1.29 bits per heavy atom. The van der Waals surface area contributed by atoms with Crippen LogP contribution in [0.2, 0.25) is 0 Å². The minimum absolute atomic E-state index is 0.145. The molecule has 1 aliphatic heterocycles. The third kappa shape index (κ3) is 8.40. The van der Waals surface area contributed by atoms with Crippen LogP contribution in [0.25, 0.3) is 0 Å². The van der Waals surface area contributed by atoms with Gasteiger partial charge in [-0.3, -0.25) is 0 Å². The summed E-state index contributed by atoms with van der Waals surface area (Å²) >= 11 is 0. The van der Waals surface area contributed by atoms with Crippen molar-refractivity contribution in [1.82, 2.24) is 5.32 Å². The summed E-state index contributed by atoms with van der Waals surface area (Å²) in [6, 6.07) is 0. The van der Waals surface area contributed by atoms with Crippen LogP contribution in [0.3, 0.4) is 0 Å². The topological polar surface area (TPSA) is 30.5 Å². The van der Waals surface area contributed by atoms with Crippen molar-refractivity contribution in [2.75, 3.05) is 32.9 Å². The van der Waals surface area contributed by atoms with Crippen molar-refractivity contribution in [1.29, 1.82) is 0 Å². The molecule has 1 N–H and O–H groups in total. The molecule has 102 valence electrons. The Bertz CT molecular complexity index is 194. The molecule has 0 spiro atoms. The summed E-state index contributed by atoms with van der Waals surface area (Å²) in [7, 11) is 0. The lowest BCUT2D eigenvalue weighted by molar-refractivity contribution is -0.173. The molecule has 1 fully saturated rings. The largest absolute Gasteiger partial charge is 0.411 e. The van der Waals surface area contributed by atoms with Gasteiger partial charge in [0.05, 0.1) is 6.10 Å². The fourth-order valence-electron chi connectivity index (χ4n) is 1.75. The van der Waals surface area contributed by atoms with Crippen molar-refractivity contribution in [3.05, 3.63) is 0 Å². The highest BCUT2D eigenvalue weighted by Crippen LogP contribution is 2.15. The fourth-order valence-corrected chi connectivity index (χ4v) is 1.75. The van der Waals surface area contributed by atoms with Gasteiger partial charge in [0.15, 0.2) is 0 Å². The highest BCUT2D eigenvalue weighted by atomic mass is 19.4. The lowest BCUT2D eigenvalue weighted by Crippen LogP contribution is -2.23. The van der Waals surface area contributed by atoms with Crippen molar-refractivity contribution in [2.24, 2.45) is 0 Å². The lowest BCUT2D eigenvalue weighted by atomic mass is 10.2. The van der Waals surface area contributed by atoms with Crippen LogP contribution in [0.15, 0.2) is 0 Å². The number of hydrogen-bond donors (Lipinski definition) is 1. The smallest absolute Gasteiger partial charge is 0.378 e. The molecule has 0 saturated carbocycles. The van der Waals surface area contributed by atoms with Gasteiger partial charge in [0, 0.05) is 13.2 Å². The van der Waals surface area contributed by atoms with Gasteiger partial charge >= 0.3 is 6.18 Å². The Balaban J connectivity index is 1.78. The predicted molar refractivity (Wildman–Crippen MR) is 58.0 cm³/mol. The molecule has 0 aliphatic carbocycles. The Morgan fingerprint density at radius 3 is 2.76 bits per heavy atom. The van der Waals surface area contributed by atoms with E-state index < -0.39 is 12.8 Å². The van der Waals surface area contributed by atoms with Gasteiger partial charge in [0.1, 0.15) is 6.61 Å². The second-order valence-electron chi connectivity index (χ2n) is 4.20. The summed E-state index contributed by atoms with van der Waals surface area (Å²) < 4.78 is 45.0. The van der Waals surface area contributed by atoms with Crippen molar-refractivity contribution >= 4 is 0 Å². The van der Waals surface area contributed by atoms with E-state index in [1.165, 1.54) is 0 Å². The molecular formula is C11H20F3NO2. The van der Waals surface area contributed by atoms with Crippen LogP contribution in [-0.4, -0.2) is 45.2 Å². The summed E-state index contributed by atoms with van der Waals surface area (Å²) in [4.78, 5) is 0. The molecule has 0 aromatic carbocycles. The maximum absolute atomic E-state index is 11.7. The molecule has 0 aromatic rings. The molecule has 1 aliphatic rings. The number of alkyl halides is 3. The van der Waals surface area contributed by atoms with Gasteiger partial charge in [-0.1, -0.05) is 0 Å². The van der Waals surface area contributed by atoms with Gasteiger partial charge in [-0.2, -0.15) is 13.2 Å². The summed E-state index contributed by atoms with van der Waals surface area (Å²) in [5.41, 5.74) is 0. The fraction of sp³-hybridized carbons (Fsp3) is 1.00. The van der Waals surface area contributed by atoms with Gasteiger partial charge < -0.3 is 14.8 Å². The summed E-state index contributed by atoms with van der Waals surface area (Å²) in [5.74, 6) is 0. The quantitative estimate of drug-likeness (QED) is 0.674. The Labute approximate surface area is 99.7 Å². The molecule has 0 radical (unpaired) electrons. The minimum atomic E-state index is -4.22. The highest BCUT2D eigenvalue weighted by molar-refractivity contribution is 4.65. The molecule has 1 heterocycles. The van der Waals surface area contributed by atoms with Gasteiger partial charge in [-0.25, -0.2) is 0 Å². The van der Waals surface area contributed by atoms with Crippen LogP contribution in [0.4, 0.5) is 13.2 Å². The van der Waals surface area contributed by atoms with Crippen molar-refractivity contribution in [2.45, 2.75) is 38.0 Å². The molecular weight excluding hydrogens is 235 g/mol. The van der Waals surface area contributed by atoms with Gasteiger partial charge in [0.25, 0.3) is 0 Å². The van der Waals surface area contributed by atoms with E-state index in [-0.39, 0.29) is 6.61 Å². The van der Waals surface area contributed by atoms with E-state index in [2.05, 4.69) is 10.1 Å². The lowest BCUT2D eigenvalue weighted by Gasteiger charge is -2.10. The molecule has 0 aromatic heterocycles. The van der Waals surface area contributed by atoms with E-state index in [9.17, 15) is 13.2 Å². The molecule has 0 amide bonds. The van der Waals surface area contributed by atoms with Crippen LogP contribution in [0.1, 0.15) is 25.7 Å². The standard InChI is InChI=1S/C11H20F3NO2/c12-11(13,14)9-16-7-2-5-15-6-4-10-3-1-8-17-10/h10,15H,1-9H2. The molecule has 1 rings (SSSR count). The number of ether oxygens (including phenoxy) is 2. The van der Waals surface area contributed by atoms with E-state index in [1.54, 1.807) is 0 Å². The Hall–Kier alpha value is -0.330. The van der Waals surface area contributed by atoms with Crippen LogP contribution in [0, 0.1) is 0 Å². The zero-order valence-corrected chi connectivity index (χ0v) is 9.89. The van der Waals surface area contributed by atoms with Crippen molar-refractivity contribution in [3.63, 3.8) is 0 Å². The van der Waals surface area contributed by atoms with Gasteiger partial charge in [0.2, 0.25) is 0 Å². The molecule has 0 bridgehead atoms. The van der Waals surface area contributed by atoms with Crippen LogP contribution >= 0.6 is 0 Å². The maximum Gasteiger partial charge on any atom is 0.411 e. The Morgan fingerprint density at radius 2 is 2.12 bits per heavy atom. The van der Waals surface area contributed by atoms with Crippen LogP contribution in [0.5, 0.6) is 0 Å². The summed E-state index contributed by atoms with van der Waals surface area (Å²) in [5, 5.41) is 3.17. The second-order valence-corrected chi connectivity index (χ2v) is 4.20. The van der Waals surface area contributed by atoms with E-state index in [1.807, 2.05) is 0 Å². The van der Waals surface area contributed by atoms with E-state index in [0.29, 0.717) is 19.1 Å². The highest BCUT2D eigenvalue weighted by Gasteiger charge is 2.27. The Kier molecular flexibility index (Phi) is 6.84. The molecule has 1 saturated heterocycles. The summed E-state index contributed by atoms with van der Waals surface area (Å²) in [6.45, 7) is 1.39. The number of halogens is 3. The first-order valence-corrected chi connectivity index (χ1v) is 6.05. The van der Waals surface area contributed by atoms with Crippen LogP contribution < -0.4 is 5.32 Å². The number of hydrogen-bond acceptors (Lipinski definition) is 3. The SMILES string of the molecule is FC(F)(F)COCCCNCCC1CCCO1. The number of nitrogens with one attached hydrogen (secondary N) is 1. The van der Waals surface area contributed by atoms with Crippen molar-refractivity contribution in [3.8, 4) is 0 Å². The van der Waals surface area contributed by atoms with E-state index in [0.717, 1.165) is 32.4 Å². The first kappa shape index (κ1) is 14.7. The zero-order valence-electron chi connectivity index (χ0n) is 9.89. The maximum atomic E-state index is 11.7. The first-order chi connectivity index (χ1) is 8.08. The van der Waals surface area contributed by atoms with Crippen LogP contribution in [-0.2, 0) is 9.47 Å². The second kappa shape index (κ2) is 7.89. The minimum Gasteiger partial charge on any atom is -0.378 e. The molecule has 6 heteroatoms.